The Morgan fingerprint density at radius 3 is 2.54 bits per heavy atom. The highest BCUT2D eigenvalue weighted by Gasteiger charge is 2.34. The molecule has 0 spiro atoms. The Morgan fingerprint density at radius 1 is 1.12 bits per heavy atom. The van der Waals surface area contributed by atoms with Crippen LogP contribution in [0.3, 0.4) is 0 Å². The molecule has 0 radical (unpaired) electrons. The summed E-state index contributed by atoms with van der Waals surface area (Å²) in [7, 11) is 0. The molecule has 0 aliphatic carbocycles. The van der Waals surface area contributed by atoms with Crippen molar-refractivity contribution in [2.45, 2.75) is 20.0 Å². The van der Waals surface area contributed by atoms with Gasteiger partial charge < -0.3 is 4.74 Å². The van der Waals surface area contributed by atoms with E-state index in [1.807, 2.05) is 6.92 Å². The molecule has 26 heavy (non-hydrogen) atoms. The third-order valence-corrected chi connectivity index (χ3v) is 4.76. The maximum atomic E-state index is 13.6. The molecule has 4 nitrogen and oxygen atoms in total. The maximum absolute atomic E-state index is 13.6. The lowest BCUT2D eigenvalue weighted by atomic mass is 10.2. The molecule has 0 aromatic heterocycles. The van der Waals surface area contributed by atoms with Gasteiger partial charge in [0.15, 0.2) is 0 Å². The minimum atomic E-state index is -0.299. The predicted octanol–water partition coefficient (Wildman–Crippen LogP) is 4.85. The molecule has 0 unspecified atom stereocenters. The number of hydrogen-bond donors (Lipinski definition) is 0. The van der Waals surface area contributed by atoms with Gasteiger partial charge in [0.1, 0.15) is 18.2 Å². The lowest BCUT2D eigenvalue weighted by molar-refractivity contribution is -0.122. The van der Waals surface area contributed by atoms with E-state index in [-0.39, 0.29) is 23.6 Å². The number of imide groups is 1. The number of benzene rings is 2. The molecule has 2 aromatic carbocycles. The van der Waals surface area contributed by atoms with Crippen LogP contribution in [0.5, 0.6) is 5.75 Å². The van der Waals surface area contributed by atoms with Crippen LogP contribution >= 0.6 is 11.8 Å². The van der Waals surface area contributed by atoms with Crippen LogP contribution in [0.25, 0.3) is 6.08 Å². The summed E-state index contributed by atoms with van der Waals surface area (Å²) in [5.41, 5.74) is 1.28. The molecule has 2 aromatic rings. The summed E-state index contributed by atoms with van der Waals surface area (Å²) in [4.78, 5) is 25.8. The van der Waals surface area contributed by atoms with Gasteiger partial charge in [0, 0.05) is 12.1 Å². The monoisotopic (exact) mass is 371 g/mol. The molecule has 1 heterocycles. The van der Waals surface area contributed by atoms with E-state index in [1.165, 1.54) is 11.0 Å². The first kappa shape index (κ1) is 18.2. The fraction of sp³-hybridized carbons (Fsp3) is 0.200. The van der Waals surface area contributed by atoms with Crippen LogP contribution in [0.1, 0.15) is 24.5 Å². The van der Waals surface area contributed by atoms with Crippen LogP contribution in [0.2, 0.25) is 0 Å². The maximum Gasteiger partial charge on any atom is 0.293 e. The lowest BCUT2D eigenvalue weighted by Gasteiger charge is -2.09. The SMILES string of the molecule is CCCN1C(=O)SC(=Cc2ccc(OCc3ccccc3F)cc2)C1=O. The van der Waals surface area contributed by atoms with Crippen LogP contribution in [-0.4, -0.2) is 22.6 Å². The third kappa shape index (κ3) is 4.14. The Balaban J connectivity index is 1.65. The van der Waals surface area contributed by atoms with Crippen LogP contribution < -0.4 is 4.74 Å². The van der Waals surface area contributed by atoms with E-state index in [0.29, 0.717) is 22.8 Å². The summed E-state index contributed by atoms with van der Waals surface area (Å²) in [6.45, 7) is 2.50. The molecule has 1 fully saturated rings. The van der Waals surface area contributed by atoms with Gasteiger partial charge in [-0.3, -0.25) is 14.5 Å². The molecule has 6 heteroatoms. The van der Waals surface area contributed by atoms with E-state index >= 15 is 0 Å². The summed E-state index contributed by atoms with van der Waals surface area (Å²) < 4.78 is 19.2. The average Bonchev–Trinajstić information content (AvgIpc) is 2.90. The molecule has 2 amide bonds. The van der Waals surface area contributed by atoms with E-state index in [2.05, 4.69) is 0 Å². The molecule has 0 atom stereocenters. The molecule has 1 saturated heterocycles. The molecule has 1 aliphatic rings. The average molecular weight is 371 g/mol. The second kappa shape index (κ2) is 8.19. The molecule has 0 saturated carbocycles. The van der Waals surface area contributed by atoms with Gasteiger partial charge in [-0.1, -0.05) is 37.3 Å². The Morgan fingerprint density at radius 2 is 1.85 bits per heavy atom. The van der Waals surface area contributed by atoms with E-state index in [9.17, 15) is 14.0 Å². The van der Waals surface area contributed by atoms with Gasteiger partial charge in [-0.05, 0) is 48.0 Å². The Bertz CT molecular complexity index is 848. The van der Waals surface area contributed by atoms with E-state index in [1.54, 1.807) is 48.5 Å². The van der Waals surface area contributed by atoms with Crippen molar-refractivity contribution in [2.75, 3.05) is 6.54 Å². The minimum Gasteiger partial charge on any atom is -0.489 e. The molecule has 3 rings (SSSR count). The van der Waals surface area contributed by atoms with Crippen LogP contribution in [0.4, 0.5) is 9.18 Å². The zero-order chi connectivity index (χ0) is 18.5. The van der Waals surface area contributed by atoms with Gasteiger partial charge in [0.25, 0.3) is 11.1 Å². The first-order chi connectivity index (χ1) is 12.6. The van der Waals surface area contributed by atoms with E-state index in [0.717, 1.165) is 23.7 Å². The Labute approximate surface area is 155 Å². The first-order valence-corrected chi connectivity index (χ1v) is 9.11. The van der Waals surface area contributed by atoms with Crippen LogP contribution in [-0.2, 0) is 11.4 Å². The predicted molar refractivity (Wildman–Crippen MR) is 100 cm³/mol. The van der Waals surface area contributed by atoms with Gasteiger partial charge in [-0.15, -0.1) is 0 Å². The van der Waals surface area contributed by atoms with E-state index in [4.69, 9.17) is 4.74 Å². The third-order valence-electron chi connectivity index (χ3n) is 3.85. The zero-order valence-corrected chi connectivity index (χ0v) is 15.1. The quantitative estimate of drug-likeness (QED) is 0.681. The smallest absolute Gasteiger partial charge is 0.293 e. The van der Waals surface area contributed by atoms with Crippen molar-refractivity contribution >= 4 is 29.0 Å². The van der Waals surface area contributed by atoms with Gasteiger partial charge in [0.05, 0.1) is 4.91 Å². The van der Waals surface area contributed by atoms with Crippen molar-refractivity contribution in [3.8, 4) is 5.75 Å². The summed E-state index contributed by atoms with van der Waals surface area (Å²) in [5.74, 6) is 0.0538. The van der Waals surface area contributed by atoms with Gasteiger partial charge in [-0.2, -0.15) is 0 Å². The number of halogens is 1. The molecular formula is C20H18FNO3S. The highest BCUT2D eigenvalue weighted by atomic mass is 32.2. The van der Waals surface area contributed by atoms with Crippen molar-refractivity contribution < 1.29 is 18.7 Å². The molecular weight excluding hydrogens is 353 g/mol. The number of rotatable bonds is 6. The molecule has 0 bridgehead atoms. The van der Waals surface area contributed by atoms with Crippen LogP contribution in [0.15, 0.2) is 53.4 Å². The summed E-state index contributed by atoms with van der Waals surface area (Å²) in [5, 5.41) is -0.229. The number of carbonyl (C=O) groups is 2. The summed E-state index contributed by atoms with van der Waals surface area (Å²) in [6, 6.07) is 13.6. The van der Waals surface area contributed by atoms with E-state index < -0.39 is 0 Å². The van der Waals surface area contributed by atoms with Crippen molar-refractivity contribution in [1.82, 2.24) is 4.90 Å². The van der Waals surface area contributed by atoms with Crippen molar-refractivity contribution in [1.29, 1.82) is 0 Å². The van der Waals surface area contributed by atoms with Crippen molar-refractivity contribution in [3.05, 3.63) is 70.4 Å². The Kier molecular flexibility index (Phi) is 5.73. The fourth-order valence-corrected chi connectivity index (χ4v) is 3.37. The number of hydrogen-bond acceptors (Lipinski definition) is 4. The number of carbonyl (C=O) groups excluding carboxylic acids is 2. The van der Waals surface area contributed by atoms with Crippen LogP contribution in [0, 0.1) is 5.82 Å². The van der Waals surface area contributed by atoms with Crippen molar-refractivity contribution in [2.24, 2.45) is 0 Å². The second-order valence-electron chi connectivity index (χ2n) is 5.78. The standard InChI is InChI=1S/C20H18FNO3S/c1-2-11-22-19(23)18(26-20(22)24)12-14-7-9-16(10-8-14)25-13-15-5-3-4-6-17(15)21/h3-10,12H,2,11,13H2,1H3. The van der Waals surface area contributed by atoms with Gasteiger partial charge in [0.2, 0.25) is 0 Å². The number of thioether (sulfide) groups is 1. The molecule has 1 aliphatic heterocycles. The number of amides is 2. The van der Waals surface area contributed by atoms with Crippen molar-refractivity contribution in [3.63, 3.8) is 0 Å². The lowest BCUT2D eigenvalue weighted by Crippen LogP contribution is -2.28. The second-order valence-corrected chi connectivity index (χ2v) is 6.78. The van der Waals surface area contributed by atoms with Gasteiger partial charge in [-0.25, -0.2) is 4.39 Å². The normalized spacial score (nSPS) is 15.8. The number of ether oxygens (including phenoxy) is 1. The minimum absolute atomic E-state index is 0.141. The van der Waals surface area contributed by atoms with Gasteiger partial charge >= 0.3 is 0 Å². The highest BCUT2D eigenvalue weighted by molar-refractivity contribution is 8.18. The fourth-order valence-electron chi connectivity index (χ4n) is 2.50. The summed E-state index contributed by atoms with van der Waals surface area (Å²) in [6.07, 6.45) is 2.43. The zero-order valence-electron chi connectivity index (χ0n) is 14.3. The topological polar surface area (TPSA) is 46.6 Å². The molecule has 0 N–H and O–H groups in total. The highest BCUT2D eigenvalue weighted by Crippen LogP contribution is 2.32. The summed E-state index contributed by atoms with van der Waals surface area (Å²) >= 11 is 0.956. The Hall–Kier alpha value is -2.60. The largest absolute Gasteiger partial charge is 0.489 e. The first-order valence-electron chi connectivity index (χ1n) is 8.30. The number of nitrogens with zero attached hydrogens (tertiary/aromatic N) is 1. The molecule has 134 valence electrons.